The Balaban J connectivity index is 3.63. The summed E-state index contributed by atoms with van der Waals surface area (Å²) >= 11 is 0. The van der Waals surface area contributed by atoms with E-state index in [1.807, 2.05) is 6.92 Å². The summed E-state index contributed by atoms with van der Waals surface area (Å²) in [6.45, 7) is 4.41. The van der Waals surface area contributed by atoms with Gasteiger partial charge in [0.2, 0.25) is 0 Å². The van der Waals surface area contributed by atoms with Crippen LogP contribution in [0.3, 0.4) is 0 Å². The lowest BCUT2D eigenvalue weighted by Crippen LogP contribution is -2.35. The molecule has 0 aliphatic rings. The lowest BCUT2D eigenvalue weighted by atomic mass is 10.6. The summed E-state index contributed by atoms with van der Waals surface area (Å²) in [5, 5.41) is 4.85. The van der Waals surface area contributed by atoms with Gasteiger partial charge in [-0.3, -0.25) is 5.01 Å². The largest absolute Gasteiger partial charge is 0.322 e. The van der Waals surface area contributed by atoms with Gasteiger partial charge < -0.3 is 5.84 Å². The molecule has 0 heterocycles. The Labute approximate surface area is 49.1 Å². The first-order valence-electron chi connectivity index (χ1n) is 2.49. The zero-order valence-electron chi connectivity index (χ0n) is 5.26. The third-order valence-corrected chi connectivity index (χ3v) is 0.943. The molecule has 0 saturated carbocycles. The van der Waals surface area contributed by atoms with Gasteiger partial charge in [0.05, 0.1) is 0 Å². The maximum absolute atomic E-state index is 5.35. The Morgan fingerprint density at radius 3 is 2.38 bits per heavy atom. The van der Waals surface area contributed by atoms with Crippen LogP contribution in [0, 0.1) is 0 Å². The van der Waals surface area contributed by atoms with E-state index >= 15 is 0 Å². The summed E-state index contributed by atoms with van der Waals surface area (Å²) in [4.78, 5) is 0. The van der Waals surface area contributed by atoms with E-state index in [-0.39, 0.29) is 0 Å². The van der Waals surface area contributed by atoms with Gasteiger partial charge >= 0.3 is 0 Å². The summed E-state index contributed by atoms with van der Waals surface area (Å²) < 4.78 is 0. The SMILES string of the molecule is CCN(N)/C(C)=N\N. The van der Waals surface area contributed by atoms with Crippen molar-refractivity contribution in [2.24, 2.45) is 16.8 Å². The fraction of sp³-hybridized carbons (Fsp3) is 0.750. The summed E-state index contributed by atoms with van der Waals surface area (Å²) in [5.74, 6) is 10.9. The van der Waals surface area contributed by atoms with Gasteiger partial charge in [0.1, 0.15) is 5.84 Å². The van der Waals surface area contributed by atoms with E-state index in [2.05, 4.69) is 5.10 Å². The summed E-state index contributed by atoms with van der Waals surface area (Å²) in [6.07, 6.45) is 0. The van der Waals surface area contributed by atoms with Crippen LogP contribution in [0.5, 0.6) is 0 Å². The molecule has 0 spiro atoms. The number of nitrogens with zero attached hydrogens (tertiary/aromatic N) is 2. The Morgan fingerprint density at radius 1 is 1.75 bits per heavy atom. The van der Waals surface area contributed by atoms with Crippen molar-refractivity contribution >= 4 is 5.84 Å². The second-order valence-corrected chi connectivity index (χ2v) is 1.46. The van der Waals surface area contributed by atoms with Gasteiger partial charge in [-0.25, -0.2) is 5.84 Å². The topological polar surface area (TPSA) is 67.6 Å². The molecular formula is C4H12N4. The van der Waals surface area contributed by atoms with Crippen LogP contribution in [-0.2, 0) is 0 Å². The summed E-state index contributed by atoms with van der Waals surface area (Å²) in [6, 6.07) is 0. The van der Waals surface area contributed by atoms with E-state index < -0.39 is 0 Å². The predicted octanol–water partition coefficient (Wildman–Crippen LogP) is -0.526. The lowest BCUT2D eigenvalue weighted by Gasteiger charge is -2.12. The van der Waals surface area contributed by atoms with Crippen LogP contribution in [0.25, 0.3) is 0 Å². The number of hydrazone groups is 1. The van der Waals surface area contributed by atoms with Crippen molar-refractivity contribution in [3.8, 4) is 0 Å². The minimum Gasteiger partial charge on any atom is -0.322 e. The maximum atomic E-state index is 5.35. The van der Waals surface area contributed by atoms with Crippen LogP contribution in [0.4, 0.5) is 0 Å². The van der Waals surface area contributed by atoms with Gasteiger partial charge in [0.25, 0.3) is 0 Å². The molecule has 0 aliphatic carbocycles. The first kappa shape index (κ1) is 7.23. The van der Waals surface area contributed by atoms with Gasteiger partial charge in [0, 0.05) is 6.54 Å². The smallest absolute Gasteiger partial charge is 0.135 e. The minimum absolute atomic E-state index is 0.646. The van der Waals surface area contributed by atoms with E-state index in [0.717, 1.165) is 6.54 Å². The monoisotopic (exact) mass is 116 g/mol. The highest BCUT2D eigenvalue weighted by Gasteiger charge is 1.93. The fourth-order valence-corrected chi connectivity index (χ4v) is 0.303. The molecule has 0 unspecified atom stereocenters. The van der Waals surface area contributed by atoms with E-state index in [9.17, 15) is 0 Å². The number of hydrazine groups is 1. The van der Waals surface area contributed by atoms with Crippen LogP contribution in [-0.4, -0.2) is 17.4 Å². The zero-order valence-corrected chi connectivity index (χ0v) is 5.26. The molecule has 0 fully saturated rings. The molecule has 0 radical (unpaired) electrons. The molecule has 48 valence electrons. The second-order valence-electron chi connectivity index (χ2n) is 1.46. The standard InChI is InChI=1S/C4H12N4/c1-3-8(6)4(2)7-5/h3,5-6H2,1-2H3/b7-4-. The van der Waals surface area contributed by atoms with Crippen molar-refractivity contribution in [1.82, 2.24) is 5.01 Å². The zero-order chi connectivity index (χ0) is 6.57. The van der Waals surface area contributed by atoms with E-state index in [0.29, 0.717) is 5.84 Å². The van der Waals surface area contributed by atoms with E-state index in [1.54, 1.807) is 6.92 Å². The molecule has 0 amide bonds. The number of rotatable bonds is 1. The van der Waals surface area contributed by atoms with Crippen LogP contribution in [0.1, 0.15) is 13.8 Å². The minimum atomic E-state index is 0.646. The Bertz CT molecular complexity index is 88.0. The van der Waals surface area contributed by atoms with Crippen LogP contribution in [0.2, 0.25) is 0 Å². The van der Waals surface area contributed by atoms with Gasteiger partial charge in [-0.2, -0.15) is 5.10 Å². The number of amidine groups is 1. The fourth-order valence-electron chi connectivity index (χ4n) is 0.303. The first-order chi connectivity index (χ1) is 3.72. The molecule has 0 bridgehead atoms. The molecule has 8 heavy (non-hydrogen) atoms. The molecular weight excluding hydrogens is 104 g/mol. The molecule has 4 nitrogen and oxygen atoms in total. The average Bonchev–Trinajstić information content (AvgIpc) is 1.84. The van der Waals surface area contributed by atoms with Crippen LogP contribution < -0.4 is 11.7 Å². The van der Waals surface area contributed by atoms with E-state index in [4.69, 9.17) is 11.7 Å². The molecule has 4 heteroatoms. The number of nitrogens with two attached hydrogens (primary N) is 2. The third-order valence-electron chi connectivity index (χ3n) is 0.943. The Morgan fingerprint density at radius 2 is 2.25 bits per heavy atom. The summed E-state index contributed by atoms with van der Waals surface area (Å²) in [7, 11) is 0. The molecule has 4 N–H and O–H groups in total. The molecule has 0 saturated heterocycles. The maximum Gasteiger partial charge on any atom is 0.135 e. The highest BCUT2D eigenvalue weighted by Crippen LogP contribution is 1.77. The van der Waals surface area contributed by atoms with Crippen molar-refractivity contribution in [2.75, 3.05) is 6.54 Å². The van der Waals surface area contributed by atoms with Crippen molar-refractivity contribution in [3.63, 3.8) is 0 Å². The van der Waals surface area contributed by atoms with Gasteiger partial charge in [-0.15, -0.1) is 0 Å². The Kier molecular flexibility index (Phi) is 2.95. The predicted molar refractivity (Wildman–Crippen MR) is 33.9 cm³/mol. The molecule has 0 rings (SSSR count). The first-order valence-corrected chi connectivity index (χ1v) is 2.49. The highest BCUT2D eigenvalue weighted by atomic mass is 15.4. The van der Waals surface area contributed by atoms with Crippen LogP contribution >= 0.6 is 0 Å². The van der Waals surface area contributed by atoms with Gasteiger partial charge in [-0.1, -0.05) is 0 Å². The molecule has 0 aliphatic heterocycles. The quantitative estimate of drug-likeness (QED) is 0.209. The molecule has 0 aromatic carbocycles. The van der Waals surface area contributed by atoms with Crippen molar-refractivity contribution in [3.05, 3.63) is 0 Å². The number of hydrogen-bond donors (Lipinski definition) is 2. The highest BCUT2D eigenvalue weighted by molar-refractivity contribution is 5.78. The molecule has 0 atom stereocenters. The second kappa shape index (κ2) is 3.26. The van der Waals surface area contributed by atoms with E-state index in [1.165, 1.54) is 5.01 Å². The molecule has 0 aromatic heterocycles. The lowest BCUT2D eigenvalue weighted by molar-refractivity contribution is 0.461. The normalized spacial score (nSPS) is 11.6. The average molecular weight is 116 g/mol. The van der Waals surface area contributed by atoms with Crippen molar-refractivity contribution in [1.29, 1.82) is 0 Å². The molecule has 0 aromatic rings. The number of hydrogen-bond acceptors (Lipinski definition) is 3. The van der Waals surface area contributed by atoms with Gasteiger partial charge in [0.15, 0.2) is 0 Å². The Hall–Kier alpha value is -0.770. The summed E-state index contributed by atoms with van der Waals surface area (Å²) in [5.41, 5.74) is 0. The van der Waals surface area contributed by atoms with Crippen molar-refractivity contribution in [2.45, 2.75) is 13.8 Å². The van der Waals surface area contributed by atoms with Gasteiger partial charge in [-0.05, 0) is 13.8 Å². The van der Waals surface area contributed by atoms with Crippen molar-refractivity contribution < 1.29 is 0 Å². The third kappa shape index (κ3) is 1.79. The van der Waals surface area contributed by atoms with Crippen LogP contribution in [0.15, 0.2) is 5.10 Å².